The summed E-state index contributed by atoms with van der Waals surface area (Å²) in [5, 5.41) is 1.20. The van der Waals surface area contributed by atoms with E-state index in [0.717, 1.165) is 63.3 Å². The molecule has 0 N–H and O–H groups in total. The van der Waals surface area contributed by atoms with Crippen molar-refractivity contribution in [3.8, 4) is 0 Å². The molecule has 6 rings (SSSR count). The number of aromatic nitrogens is 2. The minimum absolute atomic E-state index is 0.451. The number of anilines is 2. The lowest BCUT2D eigenvalue weighted by molar-refractivity contribution is 0.110. The number of ether oxygens (including phenoxy) is 2. The summed E-state index contributed by atoms with van der Waals surface area (Å²) in [5.74, 6) is 1.08. The Morgan fingerprint density at radius 1 is 0.962 bits per heavy atom. The zero-order valence-electron chi connectivity index (χ0n) is 14.9. The summed E-state index contributed by atoms with van der Waals surface area (Å²) >= 11 is 0. The van der Waals surface area contributed by atoms with Gasteiger partial charge in [-0.05, 0) is 31.7 Å². The van der Waals surface area contributed by atoms with Crippen LogP contribution in [0.5, 0.6) is 0 Å². The minimum Gasteiger partial charge on any atom is -0.376 e. The van der Waals surface area contributed by atoms with Crippen LogP contribution in [0, 0.1) is 0 Å². The lowest BCUT2D eigenvalue weighted by Gasteiger charge is -2.37. The molecule has 6 heterocycles. The summed E-state index contributed by atoms with van der Waals surface area (Å²) in [7, 11) is 0. The van der Waals surface area contributed by atoms with Gasteiger partial charge in [0.15, 0.2) is 0 Å². The molecule has 136 valence electrons. The van der Waals surface area contributed by atoms with Crippen LogP contribution in [0.3, 0.4) is 0 Å². The molecule has 4 bridgehead atoms. The van der Waals surface area contributed by atoms with Gasteiger partial charge in [0, 0.05) is 30.7 Å². The second kappa shape index (κ2) is 5.79. The maximum absolute atomic E-state index is 5.93. The molecule has 4 aliphatic rings. The van der Waals surface area contributed by atoms with Crippen LogP contribution in [0.25, 0.3) is 10.9 Å². The predicted molar refractivity (Wildman–Crippen MR) is 99.8 cm³/mol. The standard InChI is InChI=1S/C20H24N4O2/c1-4-21-10-18-17(1)19(23-5-2-15-7-13(23)11-25-15)9-20(22-18)24-6-3-16-8-14(24)12-26-16/h1,4,9-10,13-16H,2-3,5-8,11-12H2. The monoisotopic (exact) mass is 352 g/mol. The first kappa shape index (κ1) is 15.2. The molecule has 4 aliphatic heterocycles. The Hall–Kier alpha value is -1.92. The largest absolute Gasteiger partial charge is 0.376 e. The Balaban J connectivity index is 1.45. The average molecular weight is 352 g/mol. The highest BCUT2D eigenvalue weighted by Crippen LogP contribution is 2.38. The highest BCUT2D eigenvalue weighted by molar-refractivity contribution is 5.93. The van der Waals surface area contributed by atoms with Crippen molar-refractivity contribution in [1.29, 1.82) is 0 Å². The molecule has 4 fully saturated rings. The van der Waals surface area contributed by atoms with Crippen LogP contribution in [0.15, 0.2) is 24.5 Å². The third-order valence-electron chi connectivity index (χ3n) is 6.56. The molecule has 6 heteroatoms. The summed E-state index contributed by atoms with van der Waals surface area (Å²) in [6, 6.07) is 5.36. The zero-order chi connectivity index (χ0) is 17.1. The van der Waals surface area contributed by atoms with Crippen LogP contribution in [0.1, 0.15) is 25.7 Å². The van der Waals surface area contributed by atoms with Gasteiger partial charge in [-0.3, -0.25) is 4.98 Å². The van der Waals surface area contributed by atoms with E-state index in [-0.39, 0.29) is 0 Å². The molecule has 2 aromatic heterocycles. The summed E-state index contributed by atoms with van der Waals surface area (Å²) in [6.07, 6.45) is 9.17. The van der Waals surface area contributed by atoms with Crippen molar-refractivity contribution in [2.24, 2.45) is 0 Å². The van der Waals surface area contributed by atoms with Gasteiger partial charge in [0.1, 0.15) is 5.82 Å². The molecule has 0 amide bonds. The van der Waals surface area contributed by atoms with Crippen molar-refractivity contribution < 1.29 is 9.47 Å². The Kier molecular flexibility index (Phi) is 3.38. The quantitative estimate of drug-likeness (QED) is 0.827. The zero-order valence-corrected chi connectivity index (χ0v) is 14.9. The summed E-state index contributed by atoms with van der Waals surface area (Å²) in [4.78, 5) is 14.3. The number of rotatable bonds is 2. The second-order valence-electron chi connectivity index (χ2n) is 8.05. The van der Waals surface area contributed by atoms with E-state index in [1.54, 1.807) is 0 Å². The van der Waals surface area contributed by atoms with E-state index in [1.807, 2.05) is 12.4 Å². The molecule has 4 unspecified atom stereocenters. The van der Waals surface area contributed by atoms with Crippen LogP contribution >= 0.6 is 0 Å². The lowest BCUT2D eigenvalue weighted by Crippen LogP contribution is -2.42. The average Bonchev–Trinajstić information content (AvgIpc) is 3.24. The van der Waals surface area contributed by atoms with E-state index in [0.29, 0.717) is 24.3 Å². The van der Waals surface area contributed by atoms with E-state index in [2.05, 4.69) is 26.9 Å². The smallest absolute Gasteiger partial charge is 0.131 e. The van der Waals surface area contributed by atoms with E-state index in [1.165, 1.54) is 11.1 Å². The van der Waals surface area contributed by atoms with Crippen LogP contribution in [0.2, 0.25) is 0 Å². The molecule has 0 aliphatic carbocycles. The Morgan fingerprint density at radius 2 is 1.69 bits per heavy atom. The van der Waals surface area contributed by atoms with Gasteiger partial charge in [0.2, 0.25) is 0 Å². The van der Waals surface area contributed by atoms with Crippen molar-refractivity contribution in [2.45, 2.75) is 50.0 Å². The molecule has 4 saturated heterocycles. The lowest BCUT2D eigenvalue weighted by atomic mass is 10.0. The summed E-state index contributed by atoms with van der Waals surface area (Å²) in [6.45, 7) is 3.76. The Labute approximate surface area is 153 Å². The van der Waals surface area contributed by atoms with Gasteiger partial charge in [-0.15, -0.1) is 0 Å². The third-order valence-corrected chi connectivity index (χ3v) is 6.56. The highest BCUT2D eigenvalue weighted by Gasteiger charge is 2.38. The first-order chi connectivity index (χ1) is 12.8. The number of hydrogen-bond donors (Lipinski definition) is 0. The number of hydrogen-bond acceptors (Lipinski definition) is 6. The molecule has 0 radical (unpaired) electrons. The number of piperidine rings is 2. The molecule has 0 saturated carbocycles. The Morgan fingerprint density at radius 3 is 2.50 bits per heavy atom. The molecular formula is C20H24N4O2. The van der Waals surface area contributed by atoms with E-state index in [4.69, 9.17) is 14.5 Å². The maximum Gasteiger partial charge on any atom is 0.131 e. The molecular weight excluding hydrogens is 328 g/mol. The van der Waals surface area contributed by atoms with Crippen LogP contribution in [-0.4, -0.2) is 60.6 Å². The topological polar surface area (TPSA) is 50.7 Å². The SMILES string of the molecule is c1cc2c(N3CCC4CC3CO4)cc(N3CCC4CC3CO4)nc2cn1. The van der Waals surface area contributed by atoms with Gasteiger partial charge in [0.05, 0.1) is 54.9 Å². The summed E-state index contributed by atoms with van der Waals surface area (Å²) in [5.41, 5.74) is 2.28. The number of fused-ring (bicyclic) bond motifs is 5. The fourth-order valence-corrected chi connectivity index (χ4v) is 5.19. The van der Waals surface area contributed by atoms with Crippen molar-refractivity contribution in [3.63, 3.8) is 0 Å². The first-order valence-corrected chi connectivity index (χ1v) is 9.86. The minimum atomic E-state index is 0.451. The summed E-state index contributed by atoms with van der Waals surface area (Å²) < 4.78 is 11.8. The first-order valence-electron chi connectivity index (χ1n) is 9.86. The van der Waals surface area contributed by atoms with Crippen LogP contribution in [-0.2, 0) is 9.47 Å². The number of pyridine rings is 2. The molecule has 6 nitrogen and oxygen atoms in total. The van der Waals surface area contributed by atoms with Crippen molar-refractivity contribution in [2.75, 3.05) is 36.1 Å². The molecule has 4 atom stereocenters. The highest BCUT2D eigenvalue weighted by atomic mass is 16.5. The molecule has 0 aromatic carbocycles. The van der Waals surface area contributed by atoms with E-state index >= 15 is 0 Å². The van der Waals surface area contributed by atoms with Crippen LogP contribution < -0.4 is 9.80 Å². The third kappa shape index (κ3) is 2.32. The molecule has 2 aromatic rings. The van der Waals surface area contributed by atoms with Gasteiger partial charge < -0.3 is 19.3 Å². The van der Waals surface area contributed by atoms with Gasteiger partial charge in [-0.1, -0.05) is 0 Å². The predicted octanol–water partition coefficient (Wildman–Crippen LogP) is 2.37. The fourth-order valence-electron chi connectivity index (χ4n) is 5.19. The van der Waals surface area contributed by atoms with Gasteiger partial charge >= 0.3 is 0 Å². The second-order valence-corrected chi connectivity index (χ2v) is 8.05. The molecule has 0 spiro atoms. The van der Waals surface area contributed by atoms with Gasteiger partial charge in [-0.2, -0.15) is 0 Å². The normalized spacial score (nSPS) is 33.2. The van der Waals surface area contributed by atoms with Gasteiger partial charge in [-0.25, -0.2) is 4.98 Å². The van der Waals surface area contributed by atoms with Crippen molar-refractivity contribution >= 4 is 22.4 Å². The number of nitrogens with zero attached hydrogens (tertiary/aromatic N) is 4. The van der Waals surface area contributed by atoms with Gasteiger partial charge in [0.25, 0.3) is 0 Å². The van der Waals surface area contributed by atoms with Crippen molar-refractivity contribution in [3.05, 3.63) is 24.5 Å². The molecule has 26 heavy (non-hydrogen) atoms. The maximum atomic E-state index is 5.93. The van der Waals surface area contributed by atoms with E-state index in [9.17, 15) is 0 Å². The Bertz CT molecular complexity index is 844. The van der Waals surface area contributed by atoms with Crippen LogP contribution in [0.4, 0.5) is 11.5 Å². The fraction of sp³-hybridized carbons (Fsp3) is 0.600. The van der Waals surface area contributed by atoms with E-state index < -0.39 is 0 Å². The van der Waals surface area contributed by atoms with Crippen molar-refractivity contribution in [1.82, 2.24) is 9.97 Å².